The van der Waals surface area contributed by atoms with Gasteiger partial charge in [-0.3, -0.25) is 4.79 Å². The van der Waals surface area contributed by atoms with E-state index in [-0.39, 0.29) is 5.56 Å². The van der Waals surface area contributed by atoms with Crippen LogP contribution in [-0.2, 0) is 6.54 Å². The van der Waals surface area contributed by atoms with Gasteiger partial charge < -0.3 is 4.57 Å². The summed E-state index contributed by atoms with van der Waals surface area (Å²) in [5, 5.41) is 3.37. The lowest BCUT2D eigenvalue weighted by molar-refractivity contribution is 0.658. The van der Waals surface area contributed by atoms with Gasteiger partial charge >= 0.3 is 0 Å². The summed E-state index contributed by atoms with van der Waals surface area (Å²) in [5.74, 6) is 0. The van der Waals surface area contributed by atoms with Gasteiger partial charge in [0.2, 0.25) is 0 Å². The Kier molecular flexibility index (Phi) is 3.11. The quantitative estimate of drug-likeness (QED) is 0.392. The minimum Gasteiger partial charge on any atom is -0.313 e. The highest BCUT2D eigenvalue weighted by atomic mass is 16.1. The predicted molar refractivity (Wildman–Crippen MR) is 49.5 cm³/mol. The second-order valence-corrected chi connectivity index (χ2v) is 2.61. The van der Waals surface area contributed by atoms with Crippen molar-refractivity contribution in [1.82, 2.24) is 4.57 Å². The smallest absolute Gasteiger partial charge is 0.250 e. The van der Waals surface area contributed by atoms with Crippen molar-refractivity contribution in [1.29, 1.82) is 0 Å². The van der Waals surface area contributed by atoms with E-state index >= 15 is 0 Å². The average molecular weight is 178 g/mol. The van der Waals surface area contributed by atoms with Crippen molar-refractivity contribution >= 4 is 0 Å². The van der Waals surface area contributed by atoms with Crippen LogP contribution in [0, 0.1) is 6.92 Å². The Labute approximate surface area is 75.3 Å². The average Bonchev–Trinajstić information content (AvgIpc) is 2.10. The first-order valence-corrected chi connectivity index (χ1v) is 3.93. The molecule has 68 valence electrons. The molecule has 0 radical (unpaired) electrons. The molecule has 0 atom stereocenters. The number of aromatic nitrogens is 1. The number of pyridine rings is 1. The predicted octanol–water partition coefficient (Wildman–Crippen LogP) is 1.47. The lowest BCUT2D eigenvalue weighted by Crippen LogP contribution is -2.21. The molecule has 0 aliphatic carbocycles. The number of aryl methyl sites for hydroxylation is 1. The van der Waals surface area contributed by atoms with E-state index in [0.29, 0.717) is 13.1 Å². The van der Waals surface area contributed by atoms with Crippen LogP contribution < -0.4 is 5.56 Å². The van der Waals surface area contributed by atoms with Gasteiger partial charge in [0, 0.05) is 29.8 Å². The molecule has 0 unspecified atom stereocenters. The largest absolute Gasteiger partial charge is 0.313 e. The normalized spacial score (nSPS) is 9.31. The highest BCUT2D eigenvalue weighted by molar-refractivity contribution is 5.04. The Hall–Kier alpha value is -1.74. The van der Waals surface area contributed by atoms with Crippen LogP contribution in [0.5, 0.6) is 0 Å². The molecule has 5 nitrogen and oxygen atoms in total. The van der Waals surface area contributed by atoms with Crippen LogP contribution in [0.4, 0.5) is 0 Å². The minimum atomic E-state index is -0.0619. The molecule has 0 spiro atoms. The summed E-state index contributed by atoms with van der Waals surface area (Å²) in [7, 11) is 0. The van der Waals surface area contributed by atoms with Gasteiger partial charge in [0.15, 0.2) is 0 Å². The first kappa shape index (κ1) is 9.35. The van der Waals surface area contributed by atoms with Gasteiger partial charge in [-0.15, -0.1) is 0 Å². The fourth-order valence-corrected chi connectivity index (χ4v) is 1.10. The Morgan fingerprint density at radius 1 is 1.62 bits per heavy atom. The minimum absolute atomic E-state index is 0.0619. The van der Waals surface area contributed by atoms with Gasteiger partial charge in [-0.05, 0) is 18.5 Å². The van der Waals surface area contributed by atoms with Crippen LogP contribution in [0.2, 0.25) is 0 Å². The first-order chi connectivity index (χ1) is 6.25. The summed E-state index contributed by atoms with van der Waals surface area (Å²) < 4.78 is 1.58. The second-order valence-electron chi connectivity index (χ2n) is 2.61. The van der Waals surface area contributed by atoms with E-state index in [1.807, 2.05) is 13.0 Å². The third kappa shape index (κ3) is 2.35. The molecule has 0 aliphatic rings. The van der Waals surface area contributed by atoms with Gasteiger partial charge in [0.1, 0.15) is 0 Å². The molecule has 1 aromatic rings. The first-order valence-electron chi connectivity index (χ1n) is 3.93. The maximum atomic E-state index is 11.3. The van der Waals surface area contributed by atoms with E-state index in [1.54, 1.807) is 10.6 Å². The van der Waals surface area contributed by atoms with Crippen molar-refractivity contribution in [3.05, 3.63) is 44.7 Å². The number of hydrogen-bond acceptors (Lipinski definition) is 2. The van der Waals surface area contributed by atoms with Gasteiger partial charge in [-0.25, -0.2) is 0 Å². The van der Waals surface area contributed by atoms with Crippen LogP contribution in [0.25, 0.3) is 10.4 Å². The fraction of sp³-hybridized carbons (Fsp3) is 0.375. The number of rotatable bonds is 3. The molecular weight excluding hydrogens is 168 g/mol. The molecule has 0 saturated carbocycles. The van der Waals surface area contributed by atoms with E-state index in [0.717, 1.165) is 5.69 Å². The van der Waals surface area contributed by atoms with Gasteiger partial charge in [0.05, 0.1) is 0 Å². The SMILES string of the molecule is Cc1cccc(=O)n1CCN=[N+]=[N-]. The number of nitrogens with zero attached hydrogens (tertiary/aromatic N) is 4. The molecule has 5 heteroatoms. The van der Waals surface area contributed by atoms with Crippen LogP contribution in [0.1, 0.15) is 5.69 Å². The van der Waals surface area contributed by atoms with E-state index in [2.05, 4.69) is 10.0 Å². The van der Waals surface area contributed by atoms with Gasteiger partial charge in [-0.1, -0.05) is 11.2 Å². The summed E-state index contributed by atoms with van der Waals surface area (Å²) in [6.07, 6.45) is 0. The molecule has 1 heterocycles. The molecule has 0 N–H and O–H groups in total. The summed E-state index contributed by atoms with van der Waals surface area (Å²) in [5.41, 5.74) is 8.87. The van der Waals surface area contributed by atoms with Crippen molar-refractivity contribution in [3.63, 3.8) is 0 Å². The maximum Gasteiger partial charge on any atom is 0.250 e. The van der Waals surface area contributed by atoms with Crippen molar-refractivity contribution in [2.45, 2.75) is 13.5 Å². The van der Waals surface area contributed by atoms with Crippen LogP contribution in [0.3, 0.4) is 0 Å². The second kappa shape index (κ2) is 4.33. The van der Waals surface area contributed by atoms with Crippen LogP contribution in [-0.4, -0.2) is 11.1 Å². The summed E-state index contributed by atoms with van der Waals surface area (Å²) in [6.45, 7) is 2.59. The van der Waals surface area contributed by atoms with Crippen molar-refractivity contribution in [2.75, 3.05) is 6.54 Å². The molecule has 0 amide bonds. The lowest BCUT2D eigenvalue weighted by Gasteiger charge is -2.05. The Balaban J connectivity index is 2.87. The summed E-state index contributed by atoms with van der Waals surface area (Å²) in [6, 6.07) is 5.04. The highest BCUT2D eigenvalue weighted by Gasteiger charge is 1.96. The zero-order valence-electron chi connectivity index (χ0n) is 7.34. The third-order valence-electron chi connectivity index (χ3n) is 1.75. The number of azide groups is 1. The van der Waals surface area contributed by atoms with E-state index in [1.165, 1.54) is 6.07 Å². The molecule has 1 rings (SSSR count). The van der Waals surface area contributed by atoms with Crippen molar-refractivity contribution in [3.8, 4) is 0 Å². The Morgan fingerprint density at radius 3 is 3.00 bits per heavy atom. The Morgan fingerprint density at radius 2 is 2.38 bits per heavy atom. The van der Waals surface area contributed by atoms with Crippen LogP contribution in [0.15, 0.2) is 28.1 Å². The van der Waals surface area contributed by atoms with Gasteiger partial charge in [0.25, 0.3) is 5.56 Å². The monoisotopic (exact) mass is 178 g/mol. The zero-order chi connectivity index (χ0) is 9.68. The van der Waals surface area contributed by atoms with Crippen LogP contribution >= 0.6 is 0 Å². The fourth-order valence-electron chi connectivity index (χ4n) is 1.10. The molecule has 1 aromatic heterocycles. The van der Waals surface area contributed by atoms with E-state index in [9.17, 15) is 4.79 Å². The molecular formula is C8H10N4O. The van der Waals surface area contributed by atoms with Crippen molar-refractivity contribution < 1.29 is 0 Å². The maximum absolute atomic E-state index is 11.3. The highest BCUT2D eigenvalue weighted by Crippen LogP contribution is 1.92. The van der Waals surface area contributed by atoms with E-state index < -0.39 is 0 Å². The summed E-state index contributed by atoms with van der Waals surface area (Å²) in [4.78, 5) is 13.9. The number of hydrogen-bond donors (Lipinski definition) is 0. The topological polar surface area (TPSA) is 70.8 Å². The standard InChI is InChI=1S/C8H10N4O/c1-7-3-2-4-8(13)12(7)6-5-10-11-9/h2-4H,5-6H2,1H3. The third-order valence-corrected chi connectivity index (χ3v) is 1.75. The molecule has 0 aliphatic heterocycles. The molecule has 0 fully saturated rings. The van der Waals surface area contributed by atoms with Gasteiger partial charge in [-0.2, -0.15) is 0 Å². The molecule has 0 bridgehead atoms. The lowest BCUT2D eigenvalue weighted by atomic mass is 10.3. The Bertz CT molecular complexity index is 389. The summed E-state index contributed by atoms with van der Waals surface area (Å²) >= 11 is 0. The zero-order valence-corrected chi connectivity index (χ0v) is 7.34. The van der Waals surface area contributed by atoms with E-state index in [4.69, 9.17) is 5.53 Å². The molecule has 0 saturated heterocycles. The molecule has 13 heavy (non-hydrogen) atoms. The molecule has 0 aromatic carbocycles. The van der Waals surface area contributed by atoms with Crippen molar-refractivity contribution in [2.24, 2.45) is 5.11 Å².